The van der Waals surface area contributed by atoms with Gasteiger partial charge in [-0.2, -0.15) is 0 Å². The number of piperidine rings is 1. The van der Waals surface area contributed by atoms with Crippen molar-refractivity contribution >= 4 is 23.6 Å². The second-order valence-corrected chi connectivity index (χ2v) is 8.99. The van der Waals surface area contributed by atoms with Crippen LogP contribution in [-0.4, -0.2) is 79.7 Å². The molecule has 0 bridgehead atoms. The van der Waals surface area contributed by atoms with Crippen LogP contribution in [0.25, 0.3) is 0 Å². The van der Waals surface area contributed by atoms with E-state index in [0.29, 0.717) is 19.4 Å². The van der Waals surface area contributed by atoms with Crippen molar-refractivity contribution in [3.05, 3.63) is 47.0 Å². The van der Waals surface area contributed by atoms with E-state index in [0.717, 1.165) is 5.56 Å². The standard InChI is InChI=1S/C22H24FN7O5/c23-12-3-1-11(2-4-12)10-35-14-5-6-28-16(8-14)22(34)29-9-13(7-15(29)21(28)33)30-18(20(25)32)17(19(24)31)26-27-30/h1-4,13-16H,5-10H2,(H2,24,31)(H2,25,32)/t13-,14+,15-,16-/m0/s1. The molecule has 4 N–H and O–H groups in total. The first kappa shape index (κ1) is 22.9. The monoisotopic (exact) mass is 485 g/mol. The summed E-state index contributed by atoms with van der Waals surface area (Å²) in [6.45, 7) is 0.765. The van der Waals surface area contributed by atoms with Gasteiger partial charge in [-0.05, 0) is 24.1 Å². The Hall–Kier alpha value is -3.87. The van der Waals surface area contributed by atoms with Crippen molar-refractivity contribution in [3.8, 4) is 0 Å². The predicted octanol–water partition coefficient (Wildman–Crippen LogP) is -0.653. The lowest BCUT2D eigenvalue weighted by Gasteiger charge is -2.46. The number of hydrogen-bond acceptors (Lipinski definition) is 7. The number of nitrogens with two attached hydrogens (primary N) is 2. The number of nitrogens with zero attached hydrogens (tertiary/aromatic N) is 5. The molecule has 1 aromatic heterocycles. The number of piperazine rings is 1. The molecule has 0 spiro atoms. The Morgan fingerprint density at radius 2 is 1.71 bits per heavy atom. The minimum atomic E-state index is -0.947. The topological polar surface area (TPSA) is 167 Å². The molecule has 0 radical (unpaired) electrons. The van der Waals surface area contributed by atoms with E-state index in [1.165, 1.54) is 21.7 Å². The molecule has 3 aliphatic heterocycles. The molecule has 12 nitrogen and oxygen atoms in total. The van der Waals surface area contributed by atoms with Gasteiger partial charge >= 0.3 is 0 Å². The maximum Gasteiger partial charge on any atom is 0.271 e. The number of fused-ring (bicyclic) bond motifs is 2. The summed E-state index contributed by atoms with van der Waals surface area (Å²) in [5.41, 5.74) is 10.9. The zero-order valence-electron chi connectivity index (χ0n) is 18.7. The van der Waals surface area contributed by atoms with E-state index in [4.69, 9.17) is 16.2 Å². The third kappa shape index (κ3) is 4.01. The van der Waals surface area contributed by atoms with Crippen molar-refractivity contribution in [2.45, 2.75) is 50.1 Å². The highest BCUT2D eigenvalue weighted by atomic mass is 19.1. The van der Waals surface area contributed by atoms with E-state index in [2.05, 4.69) is 10.3 Å². The zero-order valence-corrected chi connectivity index (χ0v) is 18.7. The van der Waals surface area contributed by atoms with Crippen molar-refractivity contribution in [1.82, 2.24) is 24.8 Å². The van der Waals surface area contributed by atoms with E-state index in [1.807, 2.05) is 0 Å². The Kier molecular flexibility index (Phi) is 5.71. The number of carbonyl (C=O) groups is 4. The van der Waals surface area contributed by atoms with Crippen LogP contribution in [0, 0.1) is 5.82 Å². The van der Waals surface area contributed by atoms with E-state index in [-0.39, 0.29) is 54.7 Å². The van der Waals surface area contributed by atoms with Gasteiger partial charge in [-0.25, -0.2) is 9.07 Å². The van der Waals surface area contributed by atoms with Crippen molar-refractivity contribution in [2.24, 2.45) is 11.5 Å². The fraction of sp³-hybridized carbons (Fsp3) is 0.455. The largest absolute Gasteiger partial charge is 0.373 e. The zero-order chi connectivity index (χ0) is 24.9. The SMILES string of the molecule is NC(=O)c1nnn([C@H]2C[C@H]3C(=O)N4CC[C@@H](OCc5ccc(F)cc5)C[C@H]4C(=O)N3C2)c1C(N)=O. The Morgan fingerprint density at radius 1 is 1.03 bits per heavy atom. The molecular formula is C22H24FN7O5. The number of carbonyl (C=O) groups excluding carboxylic acids is 4. The molecular weight excluding hydrogens is 461 g/mol. The van der Waals surface area contributed by atoms with Gasteiger partial charge in [-0.15, -0.1) is 5.10 Å². The number of ether oxygens (including phenoxy) is 1. The number of benzene rings is 1. The van der Waals surface area contributed by atoms with Gasteiger partial charge in [-0.3, -0.25) is 19.2 Å². The molecule has 0 saturated carbocycles. The van der Waals surface area contributed by atoms with Crippen LogP contribution in [0.1, 0.15) is 51.8 Å². The Labute approximate surface area is 199 Å². The molecule has 184 valence electrons. The molecule has 1 aromatic carbocycles. The number of hydrogen-bond donors (Lipinski definition) is 2. The van der Waals surface area contributed by atoms with Crippen LogP contribution in [0.2, 0.25) is 0 Å². The normalized spacial score (nSPS) is 26.0. The van der Waals surface area contributed by atoms with Crippen LogP contribution in [-0.2, 0) is 20.9 Å². The van der Waals surface area contributed by atoms with E-state index < -0.39 is 29.9 Å². The van der Waals surface area contributed by atoms with Crippen LogP contribution in [0.15, 0.2) is 24.3 Å². The highest BCUT2D eigenvalue weighted by Gasteiger charge is 2.53. The molecule has 2 aromatic rings. The van der Waals surface area contributed by atoms with Gasteiger partial charge in [0.25, 0.3) is 11.8 Å². The molecule has 0 unspecified atom stereocenters. The van der Waals surface area contributed by atoms with Gasteiger partial charge in [0.15, 0.2) is 11.4 Å². The quantitative estimate of drug-likeness (QED) is 0.548. The number of rotatable bonds is 6. The molecule has 13 heteroatoms. The summed E-state index contributed by atoms with van der Waals surface area (Å²) in [7, 11) is 0. The molecule has 3 aliphatic rings. The highest BCUT2D eigenvalue weighted by Crippen LogP contribution is 2.36. The molecule has 4 heterocycles. The van der Waals surface area contributed by atoms with Crippen molar-refractivity contribution in [2.75, 3.05) is 13.1 Å². The van der Waals surface area contributed by atoms with Gasteiger partial charge < -0.3 is 26.0 Å². The van der Waals surface area contributed by atoms with Gasteiger partial charge in [0.05, 0.1) is 18.8 Å². The maximum absolute atomic E-state index is 13.4. The van der Waals surface area contributed by atoms with Crippen LogP contribution >= 0.6 is 0 Å². The summed E-state index contributed by atoms with van der Waals surface area (Å²) >= 11 is 0. The minimum absolute atomic E-state index is 0.114. The lowest BCUT2D eigenvalue weighted by Crippen LogP contribution is -2.65. The Morgan fingerprint density at radius 3 is 2.40 bits per heavy atom. The summed E-state index contributed by atoms with van der Waals surface area (Å²) in [4.78, 5) is 53.3. The number of aromatic nitrogens is 3. The molecule has 3 saturated heterocycles. The van der Waals surface area contributed by atoms with Gasteiger partial charge in [0.2, 0.25) is 11.8 Å². The minimum Gasteiger partial charge on any atom is -0.373 e. The summed E-state index contributed by atoms with van der Waals surface area (Å²) < 4.78 is 20.3. The summed E-state index contributed by atoms with van der Waals surface area (Å²) in [6, 6.07) is 4.08. The third-order valence-corrected chi connectivity index (χ3v) is 6.88. The molecule has 0 aliphatic carbocycles. The van der Waals surface area contributed by atoms with Gasteiger partial charge in [-0.1, -0.05) is 17.3 Å². The Bertz CT molecular complexity index is 1200. The number of amides is 4. The van der Waals surface area contributed by atoms with Gasteiger partial charge in [0, 0.05) is 25.9 Å². The fourth-order valence-corrected chi connectivity index (χ4v) is 5.17. The number of primary amides is 2. The average molecular weight is 485 g/mol. The fourth-order valence-electron chi connectivity index (χ4n) is 5.17. The molecule has 5 rings (SSSR count). The molecule has 4 atom stereocenters. The molecule has 3 fully saturated rings. The molecule has 35 heavy (non-hydrogen) atoms. The summed E-state index contributed by atoms with van der Waals surface area (Å²) in [5.74, 6) is -2.58. The highest BCUT2D eigenvalue weighted by molar-refractivity contribution is 6.03. The first-order valence-electron chi connectivity index (χ1n) is 11.3. The summed E-state index contributed by atoms with van der Waals surface area (Å²) in [6.07, 6.45) is 0.897. The smallest absolute Gasteiger partial charge is 0.271 e. The second kappa shape index (κ2) is 8.73. The van der Waals surface area contributed by atoms with Crippen LogP contribution in [0.3, 0.4) is 0 Å². The number of halogens is 1. The van der Waals surface area contributed by atoms with Crippen LogP contribution in [0.4, 0.5) is 4.39 Å². The first-order chi connectivity index (χ1) is 16.7. The first-order valence-corrected chi connectivity index (χ1v) is 11.3. The second-order valence-electron chi connectivity index (χ2n) is 8.99. The van der Waals surface area contributed by atoms with Crippen molar-refractivity contribution < 1.29 is 28.3 Å². The van der Waals surface area contributed by atoms with Crippen molar-refractivity contribution in [1.29, 1.82) is 0 Å². The summed E-state index contributed by atoms with van der Waals surface area (Å²) in [5, 5.41) is 7.54. The predicted molar refractivity (Wildman–Crippen MR) is 116 cm³/mol. The Balaban J connectivity index is 1.30. The van der Waals surface area contributed by atoms with Crippen LogP contribution < -0.4 is 11.5 Å². The lowest BCUT2D eigenvalue weighted by molar-refractivity contribution is -0.165. The maximum atomic E-state index is 13.4. The van der Waals surface area contributed by atoms with Crippen molar-refractivity contribution in [3.63, 3.8) is 0 Å². The molecule has 4 amide bonds. The van der Waals surface area contributed by atoms with E-state index in [1.54, 1.807) is 17.0 Å². The third-order valence-electron chi connectivity index (χ3n) is 6.88. The average Bonchev–Trinajstić information content (AvgIpc) is 3.47. The van der Waals surface area contributed by atoms with Crippen LogP contribution in [0.5, 0.6) is 0 Å². The lowest BCUT2D eigenvalue weighted by atomic mass is 9.93. The van der Waals surface area contributed by atoms with E-state index >= 15 is 0 Å². The van der Waals surface area contributed by atoms with E-state index in [9.17, 15) is 23.6 Å². The van der Waals surface area contributed by atoms with Gasteiger partial charge in [0.1, 0.15) is 17.9 Å².